The summed E-state index contributed by atoms with van der Waals surface area (Å²) in [7, 11) is -3.84. The van der Waals surface area contributed by atoms with Crippen molar-refractivity contribution in [2.45, 2.75) is 17.9 Å². The van der Waals surface area contributed by atoms with Crippen molar-refractivity contribution in [2.24, 2.45) is 0 Å². The van der Waals surface area contributed by atoms with Crippen LogP contribution >= 0.6 is 11.6 Å². The van der Waals surface area contributed by atoms with Crippen molar-refractivity contribution in [2.75, 3.05) is 5.75 Å². The fourth-order valence-corrected chi connectivity index (χ4v) is 3.49. The van der Waals surface area contributed by atoms with Crippen LogP contribution in [-0.2, 0) is 21.2 Å². The molecule has 0 bridgehead atoms. The first-order valence-corrected chi connectivity index (χ1v) is 8.90. The highest BCUT2D eigenvalue weighted by Gasteiger charge is 2.20. The quantitative estimate of drug-likeness (QED) is 0.866. The maximum atomic E-state index is 13.5. The van der Waals surface area contributed by atoms with Crippen LogP contribution in [0.1, 0.15) is 12.0 Å². The van der Waals surface area contributed by atoms with E-state index in [1.807, 2.05) is 0 Å². The molecular formula is C16H15ClFNO3S. The van der Waals surface area contributed by atoms with E-state index >= 15 is 0 Å². The van der Waals surface area contributed by atoms with Gasteiger partial charge in [-0.1, -0.05) is 41.9 Å². The molecular weight excluding hydrogens is 341 g/mol. The van der Waals surface area contributed by atoms with Gasteiger partial charge in [0.1, 0.15) is 10.7 Å². The minimum Gasteiger partial charge on any atom is -0.352 e. The van der Waals surface area contributed by atoms with Crippen molar-refractivity contribution in [1.29, 1.82) is 0 Å². The second-order valence-electron chi connectivity index (χ2n) is 4.87. The standard InChI is InChI=1S/C16H15ClFNO3S/c17-13-6-2-1-5-12(13)11-19-16(20)9-10-23(21,22)15-8-4-3-7-14(15)18/h1-8H,9-11H2,(H,19,20). The van der Waals surface area contributed by atoms with E-state index < -0.39 is 27.3 Å². The first kappa shape index (κ1) is 17.4. The molecule has 0 aliphatic rings. The molecule has 0 saturated carbocycles. The lowest BCUT2D eigenvalue weighted by molar-refractivity contribution is -0.120. The van der Waals surface area contributed by atoms with E-state index in [9.17, 15) is 17.6 Å². The fraction of sp³-hybridized carbons (Fsp3) is 0.188. The Bertz CT molecular complexity index is 808. The summed E-state index contributed by atoms with van der Waals surface area (Å²) in [5.74, 6) is -1.71. The van der Waals surface area contributed by atoms with Crippen molar-refractivity contribution in [1.82, 2.24) is 5.32 Å². The highest BCUT2D eigenvalue weighted by Crippen LogP contribution is 2.16. The molecule has 0 aliphatic heterocycles. The second-order valence-corrected chi connectivity index (χ2v) is 7.35. The normalized spacial score (nSPS) is 11.2. The number of carbonyl (C=O) groups is 1. The van der Waals surface area contributed by atoms with Crippen LogP contribution in [0, 0.1) is 5.82 Å². The molecule has 0 unspecified atom stereocenters. The molecule has 2 aromatic rings. The average Bonchev–Trinajstić information content (AvgIpc) is 2.52. The van der Waals surface area contributed by atoms with Crippen LogP contribution in [0.2, 0.25) is 5.02 Å². The molecule has 0 saturated heterocycles. The molecule has 0 aliphatic carbocycles. The van der Waals surface area contributed by atoms with Gasteiger partial charge in [0, 0.05) is 18.0 Å². The third-order valence-electron chi connectivity index (χ3n) is 3.20. The van der Waals surface area contributed by atoms with Gasteiger partial charge in [0.25, 0.3) is 0 Å². The maximum Gasteiger partial charge on any atom is 0.221 e. The summed E-state index contributed by atoms with van der Waals surface area (Å²) in [6.45, 7) is 0.207. The number of carbonyl (C=O) groups excluding carboxylic acids is 1. The molecule has 2 rings (SSSR count). The Morgan fingerprint density at radius 3 is 2.43 bits per heavy atom. The van der Waals surface area contributed by atoms with E-state index in [1.54, 1.807) is 24.3 Å². The third kappa shape index (κ3) is 4.77. The smallest absolute Gasteiger partial charge is 0.221 e. The number of halogens is 2. The van der Waals surface area contributed by atoms with E-state index in [1.165, 1.54) is 18.2 Å². The number of hydrogen-bond donors (Lipinski definition) is 1. The molecule has 7 heteroatoms. The Morgan fingerprint density at radius 1 is 1.09 bits per heavy atom. The van der Waals surface area contributed by atoms with E-state index in [-0.39, 0.29) is 17.9 Å². The van der Waals surface area contributed by atoms with Crippen molar-refractivity contribution in [3.05, 3.63) is 64.9 Å². The lowest BCUT2D eigenvalue weighted by Gasteiger charge is -2.08. The molecule has 122 valence electrons. The van der Waals surface area contributed by atoms with Gasteiger partial charge in [0.15, 0.2) is 9.84 Å². The molecule has 1 N–H and O–H groups in total. The highest BCUT2D eigenvalue weighted by molar-refractivity contribution is 7.91. The molecule has 1 amide bonds. The van der Waals surface area contributed by atoms with Gasteiger partial charge in [-0.3, -0.25) is 4.79 Å². The van der Waals surface area contributed by atoms with E-state index in [2.05, 4.69) is 5.32 Å². The molecule has 0 spiro atoms. The molecule has 0 atom stereocenters. The van der Waals surface area contributed by atoms with Gasteiger partial charge in [-0.25, -0.2) is 12.8 Å². The van der Waals surface area contributed by atoms with Crippen molar-refractivity contribution >= 4 is 27.3 Å². The van der Waals surface area contributed by atoms with Gasteiger partial charge in [0.2, 0.25) is 5.91 Å². The number of rotatable bonds is 6. The van der Waals surface area contributed by atoms with Gasteiger partial charge < -0.3 is 5.32 Å². The van der Waals surface area contributed by atoms with Crippen LogP contribution in [0.15, 0.2) is 53.4 Å². The Hall–Kier alpha value is -1.92. The fourth-order valence-electron chi connectivity index (χ4n) is 1.96. The number of benzene rings is 2. The van der Waals surface area contributed by atoms with Gasteiger partial charge in [-0.05, 0) is 23.8 Å². The van der Waals surface area contributed by atoms with Crippen molar-refractivity contribution in [3.8, 4) is 0 Å². The molecule has 0 heterocycles. The van der Waals surface area contributed by atoms with E-state index in [0.717, 1.165) is 11.6 Å². The summed E-state index contributed by atoms with van der Waals surface area (Å²) in [5.41, 5.74) is 0.736. The second kappa shape index (κ2) is 7.57. The third-order valence-corrected chi connectivity index (χ3v) is 5.31. The summed E-state index contributed by atoms with van der Waals surface area (Å²) in [5, 5.41) is 3.12. The predicted molar refractivity (Wildman–Crippen MR) is 86.4 cm³/mol. The average molecular weight is 356 g/mol. The molecule has 23 heavy (non-hydrogen) atoms. The van der Waals surface area contributed by atoms with Crippen LogP contribution in [0.3, 0.4) is 0 Å². The van der Waals surface area contributed by atoms with Crippen LogP contribution in [0.25, 0.3) is 0 Å². The SMILES string of the molecule is O=C(CCS(=O)(=O)c1ccccc1F)NCc1ccccc1Cl. The summed E-state index contributed by atoms with van der Waals surface area (Å²) >= 11 is 5.97. The van der Waals surface area contributed by atoms with Crippen LogP contribution in [0.5, 0.6) is 0 Å². The van der Waals surface area contributed by atoms with Crippen molar-refractivity contribution < 1.29 is 17.6 Å². The number of hydrogen-bond acceptors (Lipinski definition) is 3. The minimum atomic E-state index is -3.84. The molecule has 2 aromatic carbocycles. The summed E-state index contributed by atoms with van der Waals surface area (Å²) < 4.78 is 37.6. The van der Waals surface area contributed by atoms with Gasteiger partial charge in [0.05, 0.1) is 5.75 Å². The van der Waals surface area contributed by atoms with Crippen LogP contribution in [-0.4, -0.2) is 20.1 Å². The Kier molecular flexibility index (Phi) is 5.74. The van der Waals surface area contributed by atoms with Gasteiger partial charge in [-0.15, -0.1) is 0 Å². The zero-order valence-electron chi connectivity index (χ0n) is 12.1. The van der Waals surface area contributed by atoms with Crippen molar-refractivity contribution in [3.63, 3.8) is 0 Å². The Labute approximate surface area is 139 Å². The topological polar surface area (TPSA) is 63.2 Å². The Balaban J connectivity index is 1.92. The number of amides is 1. The number of sulfone groups is 1. The Morgan fingerprint density at radius 2 is 1.74 bits per heavy atom. The maximum absolute atomic E-state index is 13.5. The predicted octanol–water partition coefficient (Wildman–Crippen LogP) is 2.96. The largest absolute Gasteiger partial charge is 0.352 e. The summed E-state index contributed by atoms with van der Waals surface area (Å²) in [4.78, 5) is 11.4. The zero-order chi connectivity index (χ0) is 16.9. The van der Waals surface area contributed by atoms with E-state index in [4.69, 9.17) is 11.6 Å². The summed E-state index contributed by atoms with van der Waals surface area (Å²) in [6, 6.07) is 12.1. The molecule has 4 nitrogen and oxygen atoms in total. The highest BCUT2D eigenvalue weighted by atomic mass is 35.5. The first-order valence-electron chi connectivity index (χ1n) is 6.87. The van der Waals surface area contributed by atoms with E-state index in [0.29, 0.717) is 5.02 Å². The minimum absolute atomic E-state index is 0.207. The van der Waals surface area contributed by atoms with Gasteiger partial charge >= 0.3 is 0 Å². The molecule has 0 radical (unpaired) electrons. The molecule has 0 aromatic heterocycles. The van der Waals surface area contributed by atoms with Gasteiger partial charge in [-0.2, -0.15) is 0 Å². The monoisotopic (exact) mass is 355 g/mol. The number of nitrogens with one attached hydrogen (secondary N) is 1. The lowest BCUT2D eigenvalue weighted by Crippen LogP contribution is -2.25. The lowest BCUT2D eigenvalue weighted by atomic mass is 10.2. The van der Waals surface area contributed by atoms with Crippen LogP contribution < -0.4 is 5.32 Å². The first-order chi connectivity index (χ1) is 10.9. The van der Waals surface area contributed by atoms with Crippen LogP contribution in [0.4, 0.5) is 4.39 Å². The molecule has 0 fully saturated rings. The zero-order valence-corrected chi connectivity index (χ0v) is 13.7. The summed E-state index contributed by atoms with van der Waals surface area (Å²) in [6.07, 6.45) is -0.249.